The molecule has 1 aromatic carbocycles. The van der Waals surface area contributed by atoms with Gasteiger partial charge in [-0.3, -0.25) is 4.68 Å². The maximum absolute atomic E-state index is 12.3. The molecule has 1 atom stereocenters. The molecule has 0 radical (unpaired) electrons. The molecule has 0 saturated carbocycles. The fraction of sp³-hybridized carbons (Fsp3) is 0.474. The van der Waals surface area contributed by atoms with Gasteiger partial charge in [0.15, 0.2) is 0 Å². The Morgan fingerprint density at radius 2 is 2.20 bits per heavy atom. The largest absolute Gasteiger partial charge is 0.374 e. The molecule has 1 saturated heterocycles. The Labute approximate surface area is 148 Å². The van der Waals surface area contributed by atoms with Gasteiger partial charge in [-0.25, -0.2) is 4.79 Å². The number of ether oxygens (including phenoxy) is 1. The van der Waals surface area contributed by atoms with Gasteiger partial charge in [-0.05, 0) is 24.5 Å². The summed E-state index contributed by atoms with van der Waals surface area (Å²) in [7, 11) is 0. The summed E-state index contributed by atoms with van der Waals surface area (Å²) < 4.78 is 7.72. The third-order valence-corrected chi connectivity index (χ3v) is 4.33. The van der Waals surface area contributed by atoms with Gasteiger partial charge >= 0.3 is 6.03 Å². The molecular formula is C19H26N4O2. The predicted molar refractivity (Wildman–Crippen MR) is 96.4 cm³/mol. The van der Waals surface area contributed by atoms with Crippen LogP contribution in [-0.4, -0.2) is 53.1 Å². The Hall–Kier alpha value is -2.34. The molecule has 0 spiro atoms. The van der Waals surface area contributed by atoms with Crippen molar-refractivity contribution < 1.29 is 9.53 Å². The van der Waals surface area contributed by atoms with Crippen LogP contribution in [0.3, 0.4) is 0 Å². The van der Waals surface area contributed by atoms with Crippen molar-refractivity contribution in [3.63, 3.8) is 0 Å². The van der Waals surface area contributed by atoms with Crippen LogP contribution in [0.4, 0.5) is 4.79 Å². The number of morpholine rings is 1. The van der Waals surface area contributed by atoms with E-state index in [1.165, 1.54) is 5.56 Å². The highest BCUT2D eigenvalue weighted by Crippen LogP contribution is 2.11. The highest BCUT2D eigenvalue weighted by atomic mass is 16.5. The maximum Gasteiger partial charge on any atom is 0.317 e. The first-order valence-electron chi connectivity index (χ1n) is 8.88. The molecule has 6 heteroatoms. The highest BCUT2D eigenvalue weighted by molar-refractivity contribution is 5.74. The lowest BCUT2D eigenvalue weighted by molar-refractivity contribution is -0.0132. The zero-order chi connectivity index (χ0) is 17.5. The van der Waals surface area contributed by atoms with Gasteiger partial charge in [-0.2, -0.15) is 5.10 Å². The van der Waals surface area contributed by atoms with E-state index < -0.39 is 0 Å². The Morgan fingerprint density at radius 1 is 1.36 bits per heavy atom. The molecule has 0 unspecified atom stereocenters. The molecule has 0 aliphatic carbocycles. The standard InChI is InChI=1S/C19H26N4O2/c1-16-13-21-23(14-16)9-5-8-20-19(24)22-10-11-25-18(15-22)12-17-6-3-2-4-7-17/h2-4,6-7,13-14,18H,5,8-12,15H2,1H3,(H,20,24)/t18-/m0/s1. The molecule has 3 rings (SSSR count). The number of urea groups is 1. The molecule has 25 heavy (non-hydrogen) atoms. The molecule has 1 fully saturated rings. The fourth-order valence-electron chi connectivity index (χ4n) is 3.04. The number of amides is 2. The van der Waals surface area contributed by atoms with E-state index in [0.717, 1.165) is 24.9 Å². The molecule has 1 aliphatic rings. The van der Waals surface area contributed by atoms with Crippen LogP contribution in [0.15, 0.2) is 42.7 Å². The molecule has 6 nitrogen and oxygen atoms in total. The molecule has 2 amide bonds. The van der Waals surface area contributed by atoms with E-state index in [4.69, 9.17) is 4.74 Å². The van der Waals surface area contributed by atoms with Crippen LogP contribution in [0, 0.1) is 6.92 Å². The van der Waals surface area contributed by atoms with Crippen LogP contribution >= 0.6 is 0 Å². The Balaban J connectivity index is 1.39. The lowest BCUT2D eigenvalue weighted by atomic mass is 10.1. The minimum Gasteiger partial charge on any atom is -0.374 e. The van der Waals surface area contributed by atoms with E-state index in [1.807, 2.05) is 47.1 Å². The number of nitrogens with zero attached hydrogens (tertiary/aromatic N) is 3. The summed E-state index contributed by atoms with van der Waals surface area (Å²) in [6, 6.07) is 10.3. The lowest BCUT2D eigenvalue weighted by Crippen LogP contribution is -2.50. The van der Waals surface area contributed by atoms with Crippen LogP contribution in [0.25, 0.3) is 0 Å². The molecule has 1 aliphatic heterocycles. The van der Waals surface area contributed by atoms with Crippen molar-refractivity contribution in [2.24, 2.45) is 0 Å². The van der Waals surface area contributed by atoms with Crippen molar-refractivity contribution >= 4 is 6.03 Å². The van der Waals surface area contributed by atoms with E-state index in [0.29, 0.717) is 26.2 Å². The normalized spacial score (nSPS) is 17.5. The van der Waals surface area contributed by atoms with Gasteiger partial charge in [0.1, 0.15) is 0 Å². The van der Waals surface area contributed by atoms with Crippen LogP contribution in [0.1, 0.15) is 17.5 Å². The second kappa shape index (κ2) is 8.67. The molecular weight excluding hydrogens is 316 g/mol. The summed E-state index contributed by atoms with van der Waals surface area (Å²) in [5, 5.41) is 7.25. The zero-order valence-electron chi connectivity index (χ0n) is 14.7. The van der Waals surface area contributed by atoms with Gasteiger partial charge in [0.25, 0.3) is 0 Å². The first-order chi connectivity index (χ1) is 12.2. The first-order valence-corrected chi connectivity index (χ1v) is 8.88. The summed E-state index contributed by atoms with van der Waals surface area (Å²) in [4.78, 5) is 14.2. The molecule has 2 heterocycles. The molecule has 2 aromatic rings. The van der Waals surface area contributed by atoms with Crippen molar-refractivity contribution in [3.05, 3.63) is 53.9 Å². The summed E-state index contributed by atoms with van der Waals surface area (Å²) in [6.07, 6.45) is 5.62. The smallest absolute Gasteiger partial charge is 0.317 e. The van der Waals surface area contributed by atoms with Crippen LogP contribution in [0.5, 0.6) is 0 Å². The summed E-state index contributed by atoms with van der Waals surface area (Å²) in [5.41, 5.74) is 2.39. The number of carbonyl (C=O) groups excluding carboxylic acids is 1. The van der Waals surface area contributed by atoms with Crippen molar-refractivity contribution in [2.75, 3.05) is 26.2 Å². The number of hydrogen-bond donors (Lipinski definition) is 1. The highest BCUT2D eigenvalue weighted by Gasteiger charge is 2.24. The van der Waals surface area contributed by atoms with Crippen LogP contribution in [0.2, 0.25) is 0 Å². The fourth-order valence-corrected chi connectivity index (χ4v) is 3.04. The number of benzene rings is 1. The maximum atomic E-state index is 12.3. The summed E-state index contributed by atoms with van der Waals surface area (Å²) in [6.45, 7) is 5.37. The van der Waals surface area contributed by atoms with Crippen molar-refractivity contribution in [2.45, 2.75) is 32.4 Å². The topological polar surface area (TPSA) is 59.4 Å². The minimum atomic E-state index is -0.00184. The Morgan fingerprint density at radius 3 is 2.96 bits per heavy atom. The monoisotopic (exact) mass is 342 g/mol. The van der Waals surface area contributed by atoms with E-state index in [2.05, 4.69) is 22.5 Å². The third kappa shape index (κ3) is 5.32. The minimum absolute atomic E-state index is 0.00184. The van der Waals surface area contributed by atoms with Gasteiger partial charge < -0.3 is 15.0 Å². The average molecular weight is 342 g/mol. The summed E-state index contributed by atoms with van der Waals surface area (Å²) in [5.74, 6) is 0. The number of aryl methyl sites for hydroxylation is 2. The van der Waals surface area contributed by atoms with Crippen LogP contribution in [-0.2, 0) is 17.7 Å². The molecule has 1 aromatic heterocycles. The number of rotatable bonds is 6. The average Bonchev–Trinajstić information content (AvgIpc) is 3.05. The quantitative estimate of drug-likeness (QED) is 0.819. The number of hydrogen-bond acceptors (Lipinski definition) is 3. The Bertz CT molecular complexity index is 671. The van der Waals surface area contributed by atoms with Crippen molar-refractivity contribution in [1.82, 2.24) is 20.0 Å². The van der Waals surface area contributed by atoms with E-state index in [-0.39, 0.29) is 12.1 Å². The molecule has 134 valence electrons. The van der Waals surface area contributed by atoms with E-state index >= 15 is 0 Å². The summed E-state index contributed by atoms with van der Waals surface area (Å²) >= 11 is 0. The van der Waals surface area contributed by atoms with Crippen molar-refractivity contribution in [1.29, 1.82) is 0 Å². The lowest BCUT2D eigenvalue weighted by Gasteiger charge is -2.33. The number of nitrogens with one attached hydrogen (secondary N) is 1. The van der Waals surface area contributed by atoms with Gasteiger partial charge in [-0.15, -0.1) is 0 Å². The van der Waals surface area contributed by atoms with E-state index in [1.54, 1.807) is 0 Å². The second-order valence-corrected chi connectivity index (χ2v) is 6.49. The van der Waals surface area contributed by atoms with Crippen molar-refractivity contribution in [3.8, 4) is 0 Å². The zero-order valence-corrected chi connectivity index (χ0v) is 14.7. The SMILES string of the molecule is Cc1cnn(CCCNC(=O)N2CCO[C@@H](Cc3ccccc3)C2)c1. The molecule has 0 bridgehead atoms. The Kier molecular flexibility index (Phi) is 6.06. The van der Waals surface area contributed by atoms with Crippen LogP contribution < -0.4 is 5.32 Å². The second-order valence-electron chi connectivity index (χ2n) is 6.49. The number of aromatic nitrogens is 2. The first kappa shape index (κ1) is 17.5. The van der Waals surface area contributed by atoms with E-state index in [9.17, 15) is 4.79 Å². The van der Waals surface area contributed by atoms with Gasteiger partial charge in [0.2, 0.25) is 0 Å². The van der Waals surface area contributed by atoms with Gasteiger partial charge in [0.05, 0.1) is 18.9 Å². The third-order valence-electron chi connectivity index (χ3n) is 4.33. The van der Waals surface area contributed by atoms with Gasteiger partial charge in [-0.1, -0.05) is 30.3 Å². The van der Waals surface area contributed by atoms with Gasteiger partial charge in [0, 0.05) is 38.8 Å². The molecule has 1 N–H and O–H groups in total. The number of carbonyl (C=O) groups is 1. The predicted octanol–water partition coefficient (Wildman–Crippen LogP) is 2.23.